The minimum Gasteiger partial charge on any atom is -0.492 e. The smallest absolute Gasteiger partial charge is 0.254 e. The minimum absolute atomic E-state index is 0.104. The first-order valence-corrected chi connectivity index (χ1v) is 11.9. The molecule has 0 unspecified atom stereocenters. The van der Waals surface area contributed by atoms with Crippen LogP contribution in [0.3, 0.4) is 0 Å². The molecular formula is C27H29N3O5. The number of ether oxygens (including phenoxy) is 4. The van der Waals surface area contributed by atoms with Crippen molar-refractivity contribution in [1.29, 1.82) is 0 Å². The summed E-state index contributed by atoms with van der Waals surface area (Å²) < 4.78 is 22.3. The summed E-state index contributed by atoms with van der Waals surface area (Å²) in [6, 6.07) is 18.9. The normalized spacial score (nSPS) is 15.1. The van der Waals surface area contributed by atoms with Crippen LogP contribution in [0.5, 0.6) is 17.2 Å². The summed E-state index contributed by atoms with van der Waals surface area (Å²) in [6.45, 7) is 5.88. The second-order valence-corrected chi connectivity index (χ2v) is 8.50. The Morgan fingerprint density at radius 2 is 1.86 bits per heavy atom. The molecule has 35 heavy (non-hydrogen) atoms. The number of fused-ring (bicyclic) bond motifs is 1. The molecule has 1 amide bonds. The molecule has 0 aliphatic carbocycles. The zero-order valence-electron chi connectivity index (χ0n) is 19.6. The van der Waals surface area contributed by atoms with Crippen LogP contribution in [0.2, 0.25) is 0 Å². The number of carbonyl (C=O) groups is 1. The van der Waals surface area contributed by atoms with Crippen LogP contribution in [0.25, 0.3) is 0 Å². The lowest BCUT2D eigenvalue weighted by molar-refractivity contribution is 0.0322. The predicted molar refractivity (Wildman–Crippen MR) is 130 cm³/mol. The van der Waals surface area contributed by atoms with E-state index < -0.39 is 0 Å². The van der Waals surface area contributed by atoms with Gasteiger partial charge in [0.25, 0.3) is 5.91 Å². The van der Waals surface area contributed by atoms with Crippen LogP contribution in [-0.2, 0) is 17.8 Å². The molecule has 1 fully saturated rings. The zero-order valence-corrected chi connectivity index (χ0v) is 19.6. The fraction of sp³-hybridized carbons (Fsp3) is 0.333. The molecule has 5 rings (SSSR count). The number of carbonyl (C=O) groups excluding carboxylic acids is 1. The topological polar surface area (TPSA) is 73.4 Å². The third-order valence-corrected chi connectivity index (χ3v) is 6.04. The monoisotopic (exact) mass is 475 g/mol. The van der Waals surface area contributed by atoms with Crippen LogP contribution >= 0.6 is 0 Å². The fourth-order valence-electron chi connectivity index (χ4n) is 4.17. The van der Waals surface area contributed by atoms with Gasteiger partial charge in [-0.1, -0.05) is 18.2 Å². The Morgan fingerprint density at radius 1 is 0.971 bits per heavy atom. The Hall–Kier alpha value is -3.62. The lowest BCUT2D eigenvalue weighted by Gasteiger charge is -2.26. The third kappa shape index (κ3) is 6.09. The summed E-state index contributed by atoms with van der Waals surface area (Å²) in [7, 11) is 0. The molecule has 0 atom stereocenters. The van der Waals surface area contributed by atoms with E-state index in [2.05, 4.69) is 9.88 Å². The lowest BCUT2D eigenvalue weighted by Crippen LogP contribution is -2.38. The van der Waals surface area contributed by atoms with E-state index in [-0.39, 0.29) is 12.7 Å². The SMILES string of the molecule is O=C(c1ccc2c(c1)OCO2)N(Cc1cccc(OCCN2CCOCC2)c1)Cc1ccccn1. The van der Waals surface area contributed by atoms with Crippen LogP contribution < -0.4 is 14.2 Å². The fourth-order valence-corrected chi connectivity index (χ4v) is 4.17. The third-order valence-electron chi connectivity index (χ3n) is 6.04. The van der Waals surface area contributed by atoms with Gasteiger partial charge >= 0.3 is 0 Å². The first-order valence-electron chi connectivity index (χ1n) is 11.9. The molecule has 8 nitrogen and oxygen atoms in total. The number of morpholine rings is 1. The van der Waals surface area contributed by atoms with Crippen molar-refractivity contribution in [3.8, 4) is 17.2 Å². The first-order chi connectivity index (χ1) is 17.2. The molecule has 1 saturated heterocycles. The van der Waals surface area contributed by atoms with Crippen molar-refractivity contribution in [2.75, 3.05) is 46.2 Å². The zero-order chi connectivity index (χ0) is 23.9. The van der Waals surface area contributed by atoms with Crippen molar-refractivity contribution >= 4 is 5.91 Å². The molecule has 8 heteroatoms. The maximum Gasteiger partial charge on any atom is 0.254 e. The van der Waals surface area contributed by atoms with Gasteiger partial charge in [-0.05, 0) is 48.0 Å². The predicted octanol–water partition coefficient (Wildman–Crippen LogP) is 3.36. The van der Waals surface area contributed by atoms with E-state index in [1.807, 2.05) is 42.5 Å². The van der Waals surface area contributed by atoms with Crippen molar-refractivity contribution in [1.82, 2.24) is 14.8 Å². The maximum absolute atomic E-state index is 13.5. The van der Waals surface area contributed by atoms with E-state index in [4.69, 9.17) is 18.9 Å². The van der Waals surface area contributed by atoms with Gasteiger partial charge in [-0.15, -0.1) is 0 Å². The molecule has 182 valence electrons. The van der Waals surface area contributed by atoms with Gasteiger partial charge in [0.2, 0.25) is 6.79 Å². The first kappa shape index (κ1) is 23.1. The average molecular weight is 476 g/mol. The Labute approximate surface area is 205 Å². The van der Waals surface area contributed by atoms with Crippen LogP contribution in [0, 0.1) is 0 Å². The van der Waals surface area contributed by atoms with Crippen molar-refractivity contribution in [3.63, 3.8) is 0 Å². The molecule has 0 bridgehead atoms. The summed E-state index contributed by atoms with van der Waals surface area (Å²) in [5.41, 5.74) is 2.35. The molecule has 2 aliphatic heterocycles. The second kappa shape index (κ2) is 11.2. The van der Waals surface area contributed by atoms with E-state index in [0.717, 1.165) is 49.9 Å². The van der Waals surface area contributed by atoms with Gasteiger partial charge in [0.1, 0.15) is 12.4 Å². The highest BCUT2D eigenvalue weighted by Crippen LogP contribution is 2.33. The number of hydrogen-bond acceptors (Lipinski definition) is 7. The molecule has 1 aromatic heterocycles. The van der Waals surface area contributed by atoms with E-state index >= 15 is 0 Å². The molecule has 0 N–H and O–H groups in total. The molecule has 0 saturated carbocycles. The lowest BCUT2D eigenvalue weighted by atomic mass is 10.1. The van der Waals surface area contributed by atoms with E-state index in [1.54, 1.807) is 29.3 Å². The van der Waals surface area contributed by atoms with Gasteiger partial charge in [-0.25, -0.2) is 0 Å². The maximum atomic E-state index is 13.5. The number of pyridine rings is 1. The molecule has 3 heterocycles. The van der Waals surface area contributed by atoms with Crippen molar-refractivity contribution in [3.05, 3.63) is 83.7 Å². The van der Waals surface area contributed by atoms with Crippen LogP contribution in [0.1, 0.15) is 21.6 Å². The molecular weight excluding hydrogens is 446 g/mol. The summed E-state index contributed by atoms with van der Waals surface area (Å²) in [5, 5.41) is 0. The van der Waals surface area contributed by atoms with Crippen molar-refractivity contribution < 1.29 is 23.7 Å². The van der Waals surface area contributed by atoms with E-state index in [9.17, 15) is 4.79 Å². The second-order valence-electron chi connectivity index (χ2n) is 8.50. The number of hydrogen-bond donors (Lipinski definition) is 0. The van der Waals surface area contributed by atoms with Gasteiger partial charge in [0.15, 0.2) is 11.5 Å². The molecule has 0 radical (unpaired) electrons. The van der Waals surface area contributed by atoms with Gasteiger partial charge in [0, 0.05) is 37.9 Å². The number of amides is 1. The van der Waals surface area contributed by atoms with Crippen LogP contribution in [0.15, 0.2) is 66.9 Å². The number of benzene rings is 2. The Balaban J connectivity index is 1.28. The highest BCUT2D eigenvalue weighted by Gasteiger charge is 2.21. The quantitative estimate of drug-likeness (QED) is 0.470. The van der Waals surface area contributed by atoms with Gasteiger partial charge in [-0.3, -0.25) is 14.7 Å². The van der Waals surface area contributed by atoms with Gasteiger partial charge in [0.05, 0.1) is 25.5 Å². The van der Waals surface area contributed by atoms with Gasteiger partial charge < -0.3 is 23.8 Å². The van der Waals surface area contributed by atoms with E-state index in [1.165, 1.54) is 0 Å². The summed E-state index contributed by atoms with van der Waals surface area (Å²) in [6.07, 6.45) is 1.74. The summed E-state index contributed by atoms with van der Waals surface area (Å²) in [4.78, 5) is 22.1. The average Bonchev–Trinajstić information content (AvgIpc) is 3.37. The Bertz CT molecular complexity index is 1130. The molecule has 3 aromatic rings. The highest BCUT2D eigenvalue weighted by atomic mass is 16.7. The Kier molecular flexibility index (Phi) is 7.41. The van der Waals surface area contributed by atoms with Gasteiger partial charge in [-0.2, -0.15) is 0 Å². The standard InChI is InChI=1S/C27H29N3O5/c31-27(22-7-8-25-26(17-22)35-20-34-25)30(19-23-5-1-2-9-28-23)18-21-4-3-6-24(16-21)33-15-12-29-10-13-32-14-11-29/h1-9,16-17H,10-15,18-20H2. The number of nitrogens with zero attached hydrogens (tertiary/aromatic N) is 3. The largest absolute Gasteiger partial charge is 0.492 e. The summed E-state index contributed by atoms with van der Waals surface area (Å²) >= 11 is 0. The van der Waals surface area contributed by atoms with Crippen molar-refractivity contribution in [2.45, 2.75) is 13.1 Å². The minimum atomic E-state index is -0.104. The molecule has 0 spiro atoms. The number of rotatable bonds is 9. The van der Waals surface area contributed by atoms with E-state index in [0.29, 0.717) is 36.8 Å². The van der Waals surface area contributed by atoms with Crippen LogP contribution in [0.4, 0.5) is 0 Å². The molecule has 2 aromatic carbocycles. The number of aromatic nitrogens is 1. The van der Waals surface area contributed by atoms with Crippen LogP contribution in [-0.4, -0.2) is 66.9 Å². The molecule has 2 aliphatic rings. The summed E-state index contributed by atoms with van der Waals surface area (Å²) in [5.74, 6) is 1.93. The van der Waals surface area contributed by atoms with Crippen molar-refractivity contribution in [2.24, 2.45) is 0 Å². The Morgan fingerprint density at radius 3 is 2.71 bits per heavy atom. The highest BCUT2D eigenvalue weighted by molar-refractivity contribution is 5.95.